The van der Waals surface area contributed by atoms with Crippen molar-refractivity contribution in [1.82, 2.24) is 19.5 Å². The molecular weight excluding hydrogens is 373 g/mol. The minimum absolute atomic E-state index is 0.0320. The average Bonchev–Trinajstić information content (AvgIpc) is 3.27. The number of benzene rings is 1. The monoisotopic (exact) mass is 399 g/mol. The van der Waals surface area contributed by atoms with Crippen molar-refractivity contribution in [2.45, 2.75) is 44.1 Å². The number of halogens is 1. The number of primary amides is 1. The quantitative estimate of drug-likeness (QED) is 0.709. The number of piperidine rings is 1. The minimum atomic E-state index is -0.663. The summed E-state index contributed by atoms with van der Waals surface area (Å²) >= 11 is 0. The summed E-state index contributed by atoms with van der Waals surface area (Å²) in [5, 5.41) is 4.53. The number of nitrogens with one attached hydrogen (secondary N) is 1. The molecule has 1 amide bonds. The molecule has 2 aliphatic heterocycles. The first-order valence-electron chi connectivity index (χ1n) is 10.3. The number of hydrogen-bond acceptors (Lipinski definition) is 4. The van der Waals surface area contributed by atoms with Crippen molar-refractivity contribution in [1.29, 1.82) is 0 Å². The van der Waals surface area contributed by atoms with Crippen molar-refractivity contribution in [2.24, 2.45) is 5.73 Å². The van der Waals surface area contributed by atoms with Gasteiger partial charge in [0.2, 0.25) is 0 Å². The molecule has 3 aromatic rings. The molecule has 0 bridgehead atoms. The van der Waals surface area contributed by atoms with Crippen molar-refractivity contribution in [3.05, 3.63) is 35.3 Å². The third kappa shape index (κ3) is 3.02. The van der Waals surface area contributed by atoms with Crippen LogP contribution >= 0.6 is 0 Å². The molecule has 7 nitrogen and oxygen atoms in total. The molecule has 0 saturated carbocycles. The van der Waals surface area contributed by atoms with Crippen molar-refractivity contribution < 1.29 is 13.9 Å². The molecule has 29 heavy (non-hydrogen) atoms. The summed E-state index contributed by atoms with van der Waals surface area (Å²) in [7, 11) is 0. The SMILES string of the molecule is CC1(c2cnn3c2[nH]c2cc(F)cc(C(N)=O)c23)CCN(C2CCOCC2)CC1. The fraction of sp³-hybridized carbons (Fsp3) is 0.524. The summed E-state index contributed by atoms with van der Waals surface area (Å²) < 4.78 is 21.2. The summed E-state index contributed by atoms with van der Waals surface area (Å²) in [6.07, 6.45) is 6.15. The van der Waals surface area contributed by atoms with Gasteiger partial charge in [0.05, 0.1) is 17.3 Å². The fourth-order valence-electron chi connectivity index (χ4n) is 5.02. The highest BCUT2D eigenvalue weighted by Crippen LogP contribution is 2.39. The van der Waals surface area contributed by atoms with E-state index >= 15 is 0 Å². The normalized spacial score (nSPS) is 21.2. The van der Waals surface area contributed by atoms with Gasteiger partial charge in [-0.1, -0.05) is 6.92 Å². The molecule has 0 unspecified atom stereocenters. The maximum atomic E-state index is 14.0. The number of imidazole rings is 1. The van der Waals surface area contributed by atoms with Crippen LogP contribution in [0.1, 0.15) is 48.5 Å². The van der Waals surface area contributed by atoms with E-state index in [1.807, 2.05) is 6.20 Å². The average molecular weight is 399 g/mol. The Kier molecular flexibility index (Phi) is 4.36. The molecule has 2 aliphatic rings. The fourth-order valence-corrected chi connectivity index (χ4v) is 5.02. The number of nitrogens with zero attached hydrogens (tertiary/aromatic N) is 3. The molecule has 3 N–H and O–H groups in total. The number of aromatic nitrogens is 3. The van der Waals surface area contributed by atoms with Crippen LogP contribution in [-0.2, 0) is 10.2 Å². The van der Waals surface area contributed by atoms with Crippen LogP contribution in [0.2, 0.25) is 0 Å². The van der Waals surface area contributed by atoms with Crippen molar-refractivity contribution >= 4 is 22.6 Å². The highest BCUT2D eigenvalue weighted by Gasteiger charge is 2.37. The molecule has 0 spiro atoms. The molecule has 1 aromatic carbocycles. The molecule has 0 aliphatic carbocycles. The smallest absolute Gasteiger partial charge is 0.251 e. The molecule has 5 rings (SSSR count). The number of amides is 1. The zero-order valence-corrected chi connectivity index (χ0v) is 16.6. The van der Waals surface area contributed by atoms with Crippen LogP contribution < -0.4 is 5.73 Å². The topological polar surface area (TPSA) is 88.7 Å². The summed E-state index contributed by atoms with van der Waals surface area (Å²) in [6.45, 7) is 6.07. The van der Waals surface area contributed by atoms with E-state index in [-0.39, 0.29) is 11.0 Å². The third-order valence-electron chi connectivity index (χ3n) is 6.83. The molecular formula is C21H26FN5O2. The van der Waals surface area contributed by atoms with E-state index in [0.29, 0.717) is 17.1 Å². The number of carbonyl (C=O) groups excluding carboxylic acids is 1. The van der Waals surface area contributed by atoms with E-state index in [4.69, 9.17) is 10.5 Å². The second-order valence-electron chi connectivity index (χ2n) is 8.60. The summed E-state index contributed by atoms with van der Waals surface area (Å²) in [4.78, 5) is 17.7. The van der Waals surface area contributed by atoms with Gasteiger partial charge in [-0.15, -0.1) is 0 Å². The van der Waals surface area contributed by atoms with Gasteiger partial charge in [-0.2, -0.15) is 5.10 Å². The first-order chi connectivity index (χ1) is 14.0. The number of carbonyl (C=O) groups is 1. The predicted molar refractivity (Wildman–Crippen MR) is 108 cm³/mol. The Labute approximate surface area is 168 Å². The van der Waals surface area contributed by atoms with Crippen LogP contribution in [0.25, 0.3) is 16.7 Å². The van der Waals surface area contributed by atoms with Gasteiger partial charge in [-0.25, -0.2) is 8.91 Å². The predicted octanol–water partition coefficient (Wildman–Crippen LogP) is 2.59. The van der Waals surface area contributed by atoms with E-state index in [1.54, 1.807) is 4.52 Å². The van der Waals surface area contributed by atoms with Crippen LogP contribution in [0.5, 0.6) is 0 Å². The standard InChI is InChI=1S/C21H26FN5O2/c1-21(4-6-26(7-5-21)14-2-8-29-9-3-14)16-12-24-27-18-15(19(23)28)10-13(22)11-17(18)25-20(16)27/h10-12,14,25H,2-9H2,1H3,(H2,23,28). The number of aromatic amines is 1. The van der Waals surface area contributed by atoms with Crippen LogP contribution in [-0.4, -0.2) is 57.8 Å². The van der Waals surface area contributed by atoms with Crippen molar-refractivity contribution in [3.63, 3.8) is 0 Å². The Morgan fingerprint density at radius 1 is 1.31 bits per heavy atom. The maximum Gasteiger partial charge on any atom is 0.251 e. The minimum Gasteiger partial charge on any atom is -0.381 e. The largest absolute Gasteiger partial charge is 0.381 e. The first kappa shape index (κ1) is 18.6. The Hall–Kier alpha value is -2.45. The molecule has 0 atom stereocenters. The second-order valence-corrected chi connectivity index (χ2v) is 8.60. The van der Waals surface area contributed by atoms with Crippen LogP contribution in [0.15, 0.2) is 18.3 Å². The van der Waals surface area contributed by atoms with Gasteiger partial charge < -0.3 is 20.4 Å². The highest BCUT2D eigenvalue weighted by atomic mass is 19.1. The van der Waals surface area contributed by atoms with Crippen LogP contribution in [0.3, 0.4) is 0 Å². The van der Waals surface area contributed by atoms with Gasteiger partial charge in [0, 0.05) is 30.2 Å². The molecule has 2 aromatic heterocycles. The van der Waals surface area contributed by atoms with Crippen LogP contribution in [0.4, 0.5) is 4.39 Å². The number of ether oxygens (including phenoxy) is 1. The summed E-state index contributed by atoms with van der Waals surface area (Å²) in [6, 6.07) is 3.18. The maximum absolute atomic E-state index is 14.0. The van der Waals surface area contributed by atoms with Crippen molar-refractivity contribution in [2.75, 3.05) is 26.3 Å². The van der Waals surface area contributed by atoms with Crippen LogP contribution in [0, 0.1) is 5.82 Å². The lowest BCUT2D eigenvalue weighted by atomic mass is 9.75. The molecule has 4 heterocycles. The zero-order valence-electron chi connectivity index (χ0n) is 16.6. The number of nitrogens with two attached hydrogens (primary N) is 1. The number of H-pyrrole nitrogens is 1. The lowest BCUT2D eigenvalue weighted by Gasteiger charge is -2.43. The van der Waals surface area contributed by atoms with Gasteiger partial charge >= 0.3 is 0 Å². The Balaban J connectivity index is 1.49. The van der Waals surface area contributed by atoms with Gasteiger partial charge in [0.1, 0.15) is 17.0 Å². The van der Waals surface area contributed by atoms with Gasteiger partial charge in [-0.3, -0.25) is 4.79 Å². The Morgan fingerprint density at radius 3 is 2.72 bits per heavy atom. The second kappa shape index (κ2) is 6.81. The van der Waals surface area contributed by atoms with E-state index in [2.05, 4.69) is 21.9 Å². The lowest BCUT2D eigenvalue weighted by molar-refractivity contribution is 0.0188. The first-order valence-corrected chi connectivity index (χ1v) is 10.3. The Morgan fingerprint density at radius 2 is 2.03 bits per heavy atom. The lowest BCUT2D eigenvalue weighted by Crippen LogP contribution is -2.47. The third-order valence-corrected chi connectivity index (χ3v) is 6.83. The number of fused-ring (bicyclic) bond motifs is 3. The van der Waals surface area contributed by atoms with Gasteiger partial charge in [0.25, 0.3) is 5.91 Å². The Bertz CT molecular complexity index is 1070. The van der Waals surface area contributed by atoms with E-state index in [9.17, 15) is 9.18 Å². The van der Waals surface area contributed by atoms with E-state index < -0.39 is 11.7 Å². The summed E-state index contributed by atoms with van der Waals surface area (Å²) in [5.41, 5.74) is 8.58. The number of likely N-dealkylation sites (tertiary alicyclic amines) is 1. The zero-order chi connectivity index (χ0) is 20.2. The molecule has 154 valence electrons. The van der Waals surface area contributed by atoms with Gasteiger partial charge in [-0.05, 0) is 50.9 Å². The molecule has 0 radical (unpaired) electrons. The van der Waals surface area contributed by atoms with E-state index in [1.165, 1.54) is 12.1 Å². The van der Waals surface area contributed by atoms with Crippen molar-refractivity contribution in [3.8, 4) is 0 Å². The van der Waals surface area contributed by atoms with Gasteiger partial charge in [0.15, 0.2) is 0 Å². The molecule has 2 fully saturated rings. The number of rotatable bonds is 3. The summed E-state index contributed by atoms with van der Waals surface area (Å²) in [5.74, 6) is -1.16. The number of hydrogen-bond donors (Lipinski definition) is 2. The van der Waals surface area contributed by atoms with E-state index in [0.717, 1.165) is 63.2 Å². The molecule has 2 saturated heterocycles. The highest BCUT2D eigenvalue weighted by molar-refractivity contribution is 6.05. The molecule has 8 heteroatoms.